The van der Waals surface area contributed by atoms with Crippen LogP contribution in [0.3, 0.4) is 0 Å². The van der Waals surface area contributed by atoms with Crippen LogP contribution in [0.2, 0.25) is 0 Å². The highest BCUT2D eigenvalue weighted by Crippen LogP contribution is 2.17. The molecular weight excluding hydrogens is 328 g/mol. The third-order valence-corrected chi connectivity index (χ3v) is 4.28. The number of rotatable bonds is 15. The molecule has 0 rings (SSSR count). The van der Waals surface area contributed by atoms with Crippen molar-refractivity contribution in [2.75, 3.05) is 0 Å². The molecule has 0 N–H and O–H groups in total. The van der Waals surface area contributed by atoms with Gasteiger partial charge in [-0.1, -0.05) is 71.1 Å². The fraction of sp³-hybridized carbons (Fsp3) is 0.909. The Morgan fingerprint density at radius 2 is 1.27 bits per heavy atom. The Balaban J connectivity index is 3.81. The minimum atomic E-state index is -0.506. The van der Waals surface area contributed by atoms with Crippen molar-refractivity contribution in [3.8, 4) is 0 Å². The van der Waals surface area contributed by atoms with Crippen LogP contribution in [0.15, 0.2) is 0 Å². The van der Waals surface area contributed by atoms with E-state index in [4.69, 9.17) is 9.47 Å². The molecule has 1 atom stereocenters. The second-order valence-corrected chi connectivity index (χ2v) is 8.35. The van der Waals surface area contributed by atoms with E-state index in [1.807, 2.05) is 20.8 Å². The molecule has 0 saturated carbocycles. The Morgan fingerprint density at radius 1 is 0.808 bits per heavy atom. The van der Waals surface area contributed by atoms with Crippen molar-refractivity contribution in [3.05, 3.63) is 0 Å². The summed E-state index contributed by atoms with van der Waals surface area (Å²) >= 11 is 0. The van der Waals surface area contributed by atoms with Crippen LogP contribution in [0.5, 0.6) is 0 Å². The predicted octanol–water partition coefficient (Wildman–Crippen LogP) is 6.35. The Morgan fingerprint density at radius 3 is 1.69 bits per heavy atom. The number of carbonyl (C=O) groups is 2. The number of hydrogen-bond acceptors (Lipinski definition) is 4. The van der Waals surface area contributed by atoms with Gasteiger partial charge in [-0.2, -0.15) is 0 Å². The Kier molecular flexibility index (Phi) is 14.4. The Labute approximate surface area is 161 Å². The average Bonchev–Trinajstić information content (AvgIpc) is 2.50. The van der Waals surface area contributed by atoms with Crippen LogP contribution in [0, 0.1) is 0 Å². The van der Waals surface area contributed by atoms with Gasteiger partial charge in [-0.3, -0.25) is 9.59 Å². The van der Waals surface area contributed by atoms with Crippen molar-refractivity contribution in [3.63, 3.8) is 0 Å². The zero-order chi connectivity index (χ0) is 19.8. The molecule has 154 valence electrons. The van der Waals surface area contributed by atoms with Gasteiger partial charge in [0.25, 0.3) is 0 Å². The first-order valence-electron chi connectivity index (χ1n) is 10.6. The smallest absolute Gasteiger partial charge is 0.310 e. The van der Waals surface area contributed by atoms with Gasteiger partial charge < -0.3 is 9.47 Å². The van der Waals surface area contributed by atoms with E-state index in [-0.39, 0.29) is 24.5 Å². The molecule has 4 nitrogen and oxygen atoms in total. The number of hydrogen-bond donors (Lipinski definition) is 0. The monoisotopic (exact) mass is 370 g/mol. The van der Waals surface area contributed by atoms with Crippen LogP contribution in [0.25, 0.3) is 0 Å². The highest BCUT2D eigenvalue weighted by Gasteiger charge is 2.22. The maximum absolute atomic E-state index is 11.9. The van der Waals surface area contributed by atoms with Crippen LogP contribution in [0.1, 0.15) is 118 Å². The zero-order valence-corrected chi connectivity index (χ0v) is 17.9. The summed E-state index contributed by atoms with van der Waals surface area (Å²) in [7, 11) is 0. The zero-order valence-electron chi connectivity index (χ0n) is 17.9. The predicted molar refractivity (Wildman–Crippen MR) is 107 cm³/mol. The first kappa shape index (κ1) is 24.9. The topological polar surface area (TPSA) is 52.6 Å². The number of esters is 2. The third-order valence-electron chi connectivity index (χ3n) is 4.28. The van der Waals surface area contributed by atoms with Gasteiger partial charge in [-0.15, -0.1) is 0 Å². The largest absolute Gasteiger partial charge is 0.462 e. The van der Waals surface area contributed by atoms with Gasteiger partial charge in [0.1, 0.15) is 11.7 Å². The lowest BCUT2D eigenvalue weighted by Crippen LogP contribution is -2.28. The molecule has 0 aromatic rings. The number of unbranched alkanes of at least 4 members (excludes halogenated alkanes) is 10. The van der Waals surface area contributed by atoms with Gasteiger partial charge >= 0.3 is 11.9 Å². The lowest BCUT2D eigenvalue weighted by molar-refractivity contribution is -0.161. The highest BCUT2D eigenvalue weighted by molar-refractivity contribution is 5.71. The normalized spacial score (nSPS) is 12.7. The quantitative estimate of drug-likeness (QED) is 0.249. The molecule has 0 amide bonds. The van der Waals surface area contributed by atoms with Gasteiger partial charge in [-0.25, -0.2) is 0 Å². The molecule has 0 saturated heterocycles. The van der Waals surface area contributed by atoms with Crippen molar-refractivity contribution in [2.45, 2.75) is 130 Å². The molecule has 0 spiro atoms. The first-order chi connectivity index (χ1) is 12.2. The SMILES string of the molecule is CCCCCCCCCCCCC[C@H](CC(=O)OC(C)(C)C)OC(C)=O. The van der Waals surface area contributed by atoms with Crippen LogP contribution < -0.4 is 0 Å². The Bertz CT molecular complexity index is 371. The van der Waals surface area contributed by atoms with Gasteiger partial charge in [0.15, 0.2) is 0 Å². The molecular formula is C22H42O4. The van der Waals surface area contributed by atoms with E-state index in [1.165, 1.54) is 64.7 Å². The molecule has 26 heavy (non-hydrogen) atoms. The van der Waals surface area contributed by atoms with Crippen LogP contribution >= 0.6 is 0 Å². The molecule has 0 fully saturated rings. The molecule has 0 unspecified atom stereocenters. The number of carbonyl (C=O) groups excluding carboxylic acids is 2. The fourth-order valence-corrected chi connectivity index (χ4v) is 3.04. The standard InChI is InChI=1S/C22H42O4/c1-6-7-8-9-10-11-12-13-14-15-16-17-20(25-19(2)23)18-21(24)26-22(3,4)5/h20H,6-18H2,1-5H3/t20-/m1/s1. The van der Waals surface area contributed by atoms with Gasteiger partial charge in [0, 0.05) is 6.92 Å². The summed E-state index contributed by atoms with van der Waals surface area (Å²) in [5.74, 6) is -0.631. The van der Waals surface area contributed by atoms with Crippen molar-refractivity contribution in [1.82, 2.24) is 0 Å². The highest BCUT2D eigenvalue weighted by atomic mass is 16.6. The molecule has 0 aliphatic heterocycles. The summed E-state index contributed by atoms with van der Waals surface area (Å²) in [6.45, 7) is 9.17. The lowest BCUT2D eigenvalue weighted by atomic mass is 10.0. The summed E-state index contributed by atoms with van der Waals surface area (Å²) < 4.78 is 10.6. The summed E-state index contributed by atoms with van der Waals surface area (Å²) in [5, 5.41) is 0. The minimum Gasteiger partial charge on any atom is -0.462 e. The Hall–Kier alpha value is -1.06. The molecule has 0 radical (unpaired) electrons. The molecule has 0 bridgehead atoms. The molecule has 0 aliphatic rings. The number of ether oxygens (including phenoxy) is 2. The summed E-state index contributed by atoms with van der Waals surface area (Å²) in [4.78, 5) is 23.2. The van der Waals surface area contributed by atoms with Gasteiger partial charge in [0.05, 0.1) is 6.42 Å². The second-order valence-electron chi connectivity index (χ2n) is 8.35. The van der Waals surface area contributed by atoms with E-state index in [0.717, 1.165) is 19.3 Å². The first-order valence-corrected chi connectivity index (χ1v) is 10.6. The molecule has 0 aliphatic carbocycles. The van der Waals surface area contributed by atoms with Crippen molar-refractivity contribution in [2.24, 2.45) is 0 Å². The van der Waals surface area contributed by atoms with Crippen LogP contribution in [-0.2, 0) is 19.1 Å². The van der Waals surface area contributed by atoms with E-state index in [2.05, 4.69) is 6.92 Å². The second kappa shape index (κ2) is 15.0. The molecule has 0 aromatic heterocycles. The van der Waals surface area contributed by atoms with Crippen molar-refractivity contribution >= 4 is 11.9 Å². The van der Waals surface area contributed by atoms with Crippen molar-refractivity contribution in [1.29, 1.82) is 0 Å². The van der Waals surface area contributed by atoms with Gasteiger partial charge in [-0.05, 0) is 33.6 Å². The van der Waals surface area contributed by atoms with E-state index in [0.29, 0.717) is 0 Å². The molecule has 0 aromatic carbocycles. The van der Waals surface area contributed by atoms with E-state index in [9.17, 15) is 9.59 Å². The maximum Gasteiger partial charge on any atom is 0.310 e. The van der Waals surface area contributed by atoms with E-state index < -0.39 is 5.60 Å². The summed E-state index contributed by atoms with van der Waals surface area (Å²) in [5.41, 5.74) is -0.506. The fourth-order valence-electron chi connectivity index (χ4n) is 3.04. The third kappa shape index (κ3) is 17.8. The molecule has 4 heteroatoms. The maximum atomic E-state index is 11.9. The van der Waals surface area contributed by atoms with E-state index >= 15 is 0 Å². The average molecular weight is 371 g/mol. The summed E-state index contributed by atoms with van der Waals surface area (Å²) in [6.07, 6.45) is 14.6. The van der Waals surface area contributed by atoms with Crippen LogP contribution in [0.4, 0.5) is 0 Å². The van der Waals surface area contributed by atoms with Gasteiger partial charge in [0.2, 0.25) is 0 Å². The molecule has 0 heterocycles. The summed E-state index contributed by atoms with van der Waals surface area (Å²) in [6, 6.07) is 0. The van der Waals surface area contributed by atoms with E-state index in [1.54, 1.807) is 0 Å². The minimum absolute atomic E-state index is 0.147. The lowest BCUT2D eigenvalue weighted by Gasteiger charge is -2.22. The van der Waals surface area contributed by atoms with Crippen molar-refractivity contribution < 1.29 is 19.1 Å². The van der Waals surface area contributed by atoms with Crippen LogP contribution in [-0.4, -0.2) is 23.6 Å².